The fourth-order valence-electron chi connectivity index (χ4n) is 2.34. The van der Waals surface area contributed by atoms with Gasteiger partial charge in [0.25, 0.3) is 0 Å². The Bertz CT molecular complexity index is 876. The highest BCUT2D eigenvalue weighted by molar-refractivity contribution is 8.00. The Labute approximate surface area is 155 Å². The van der Waals surface area contributed by atoms with Crippen LogP contribution >= 0.6 is 11.8 Å². The van der Waals surface area contributed by atoms with E-state index >= 15 is 0 Å². The largest absolute Gasteiger partial charge is 0.492 e. The quantitative estimate of drug-likeness (QED) is 0.638. The van der Waals surface area contributed by atoms with E-state index in [0.717, 1.165) is 0 Å². The van der Waals surface area contributed by atoms with Gasteiger partial charge in [0.15, 0.2) is 16.7 Å². The van der Waals surface area contributed by atoms with Crippen LogP contribution in [0.3, 0.4) is 0 Å². The smallest absolute Gasteiger partial charge is 0.237 e. The predicted molar refractivity (Wildman–Crippen MR) is 100 cm³/mol. The zero-order chi connectivity index (χ0) is 18.5. The first-order valence-corrected chi connectivity index (χ1v) is 9.10. The highest BCUT2D eigenvalue weighted by Crippen LogP contribution is 2.28. The van der Waals surface area contributed by atoms with Crippen LogP contribution in [0.15, 0.2) is 52.2 Å². The van der Waals surface area contributed by atoms with Gasteiger partial charge in [0.05, 0.1) is 23.8 Å². The van der Waals surface area contributed by atoms with Gasteiger partial charge in [-0.15, -0.1) is 10.2 Å². The Balaban J connectivity index is 1.69. The van der Waals surface area contributed by atoms with Crippen LogP contribution < -0.4 is 10.1 Å². The molecule has 0 aliphatic carbocycles. The second-order valence-corrected chi connectivity index (χ2v) is 6.83. The number of hydrogen-bond acceptors (Lipinski definition) is 6. The van der Waals surface area contributed by atoms with Gasteiger partial charge in [-0.25, -0.2) is 0 Å². The summed E-state index contributed by atoms with van der Waals surface area (Å²) in [5.74, 6) is 1.77. The van der Waals surface area contributed by atoms with Crippen LogP contribution in [0.1, 0.15) is 13.8 Å². The van der Waals surface area contributed by atoms with Crippen molar-refractivity contribution < 1.29 is 13.9 Å². The van der Waals surface area contributed by atoms with Crippen molar-refractivity contribution in [3.63, 3.8) is 0 Å². The lowest BCUT2D eigenvalue weighted by Crippen LogP contribution is -2.23. The summed E-state index contributed by atoms with van der Waals surface area (Å²) in [7, 11) is 1.84. The summed E-state index contributed by atoms with van der Waals surface area (Å²) in [6, 6.07) is 11.0. The fraction of sp³-hybridized carbons (Fsp3) is 0.278. The first-order valence-electron chi connectivity index (χ1n) is 8.22. The van der Waals surface area contributed by atoms with Crippen LogP contribution in [0.25, 0.3) is 11.6 Å². The second kappa shape index (κ2) is 8.09. The normalized spacial score (nSPS) is 12.0. The maximum atomic E-state index is 12.6. The lowest BCUT2D eigenvalue weighted by atomic mass is 10.3. The lowest BCUT2D eigenvalue weighted by molar-refractivity contribution is -0.115. The molecule has 0 saturated carbocycles. The van der Waals surface area contributed by atoms with Crippen molar-refractivity contribution in [2.75, 3.05) is 11.9 Å². The third-order valence-corrected chi connectivity index (χ3v) is 4.81. The molecule has 8 heteroatoms. The van der Waals surface area contributed by atoms with E-state index in [4.69, 9.17) is 9.15 Å². The van der Waals surface area contributed by atoms with Gasteiger partial charge < -0.3 is 19.0 Å². The minimum Gasteiger partial charge on any atom is -0.492 e. The molecule has 0 spiro atoms. The number of benzene rings is 1. The molecule has 0 radical (unpaired) electrons. The Hall–Kier alpha value is -2.74. The van der Waals surface area contributed by atoms with Gasteiger partial charge in [-0.3, -0.25) is 4.79 Å². The lowest BCUT2D eigenvalue weighted by Gasteiger charge is -2.14. The Morgan fingerprint density at radius 3 is 2.85 bits per heavy atom. The first-order chi connectivity index (χ1) is 12.6. The number of para-hydroxylation sites is 2. The summed E-state index contributed by atoms with van der Waals surface area (Å²) in [6.45, 7) is 4.26. The molecule has 1 amide bonds. The van der Waals surface area contributed by atoms with Crippen LogP contribution in [-0.4, -0.2) is 32.5 Å². The first kappa shape index (κ1) is 18.1. The average Bonchev–Trinajstić information content (AvgIpc) is 3.27. The van der Waals surface area contributed by atoms with Crippen LogP contribution in [0.4, 0.5) is 5.69 Å². The molecule has 136 valence electrons. The Morgan fingerprint density at radius 2 is 2.12 bits per heavy atom. The molecule has 0 aliphatic rings. The van der Waals surface area contributed by atoms with Crippen molar-refractivity contribution in [1.82, 2.24) is 14.8 Å². The van der Waals surface area contributed by atoms with Crippen molar-refractivity contribution >= 4 is 23.4 Å². The monoisotopic (exact) mass is 372 g/mol. The van der Waals surface area contributed by atoms with Crippen molar-refractivity contribution in [2.45, 2.75) is 24.3 Å². The summed E-state index contributed by atoms with van der Waals surface area (Å²) >= 11 is 1.33. The molecule has 26 heavy (non-hydrogen) atoms. The van der Waals surface area contributed by atoms with Crippen molar-refractivity contribution in [1.29, 1.82) is 0 Å². The van der Waals surface area contributed by atoms with Gasteiger partial charge in [0.1, 0.15) is 5.75 Å². The maximum Gasteiger partial charge on any atom is 0.237 e. The zero-order valence-electron chi connectivity index (χ0n) is 14.8. The minimum absolute atomic E-state index is 0.135. The summed E-state index contributed by atoms with van der Waals surface area (Å²) in [5, 5.41) is 11.5. The van der Waals surface area contributed by atoms with Crippen LogP contribution in [0, 0.1) is 0 Å². The number of carbonyl (C=O) groups is 1. The second-order valence-electron chi connectivity index (χ2n) is 5.52. The van der Waals surface area contributed by atoms with E-state index in [1.165, 1.54) is 11.8 Å². The van der Waals surface area contributed by atoms with Crippen LogP contribution in [-0.2, 0) is 11.8 Å². The molecule has 0 bridgehead atoms. The van der Waals surface area contributed by atoms with Gasteiger partial charge in [0, 0.05) is 7.05 Å². The summed E-state index contributed by atoms with van der Waals surface area (Å²) < 4.78 is 12.7. The number of carbonyl (C=O) groups excluding carboxylic acids is 1. The topological polar surface area (TPSA) is 82.2 Å². The standard InChI is InChI=1S/C18H20N4O3S/c1-4-24-14-9-6-5-8-13(14)19-17(23)12(2)26-18-21-20-16(22(18)3)15-10-7-11-25-15/h5-12H,4H2,1-3H3,(H,19,23)/t12-/m1/s1. The Morgan fingerprint density at radius 1 is 1.31 bits per heavy atom. The molecule has 0 unspecified atom stereocenters. The van der Waals surface area contributed by atoms with Gasteiger partial charge in [0.2, 0.25) is 5.91 Å². The molecule has 3 aromatic rings. The van der Waals surface area contributed by atoms with E-state index in [1.807, 2.05) is 51.2 Å². The highest BCUT2D eigenvalue weighted by atomic mass is 32.2. The third kappa shape index (κ3) is 3.91. The van der Waals surface area contributed by atoms with Gasteiger partial charge in [-0.2, -0.15) is 0 Å². The Kier molecular flexibility index (Phi) is 5.62. The number of ether oxygens (including phenoxy) is 1. The van der Waals surface area contributed by atoms with E-state index in [9.17, 15) is 4.79 Å². The molecule has 1 atom stereocenters. The summed E-state index contributed by atoms with van der Waals surface area (Å²) in [6.07, 6.45) is 1.59. The van der Waals surface area contributed by atoms with E-state index in [2.05, 4.69) is 15.5 Å². The molecule has 1 aromatic carbocycles. The molecule has 2 aromatic heterocycles. The van der Waals surface area contributed by atoms with E-state index in [0.29, 0.717) is 34.8 Å². The van der Waals surface area contributed by atoms with Crippen molar-refractivity contribution in [2.24, 2.45) is 7.05 Å². The number of nitrogens with zero attached hydrogens (tertiary/aromatic N) is 3. The van der Waals surface area contributed by atoms with Gasteiger partial charge in [-0.1, -0.05) is 23.9 Å². The van der Waals surface area contributed by atoms with Crippen LogP contribution in [0.2, 0.25) is 0 Å². The third-order valence-electron chi connectivity index (χ3n) is 3.67. The molecular weight excluding hydrogens is 352 g/mol. The van der Waals surface area contributed by atoms with E-state index < -0.39 is 0 Å². The molecule has 7 nitrogen and oxygen atoms in total. The number of amides is 1. The number of anilines is 1. The number of furan rings is 1. The van der Waals surface area contributed by atoms with Gasteiger partial charge in [-0.05, 0) is 38.1 Å². The zero-order valence-corrected chi connectivity index (χ0v) is 15.6. The molecule has 0 fully saturated rings. The summed E-state index contributed by atoms with van der Waals surface area (Å²) in [5.41, 5.74) is 0.654. The number of aromatic nitrogens is 3. The number of hydrogen-bond donors (Lipinski definition) is 1. The van der Waals surface area contributed by atoms with Gasteiger partial charge >= 0.3 is 0 Å². The minimum atomic E-state index is -0.364. The molecular formula is C18H20N4O3S. The molecule has 2 heterocycles. The van der Waals surface area contributed by atoms with E-state index in [1.54, 1.807) is 16.9 Å². The maximum absolute atomic E-state index is 12.6. The SMILES string of the molecule is CCOc1ccccc1NC(=O)[C@@H](C)Sc1nnc(-c2ccco2)n1C. The van der Waals surface area contributed by atoms with Crippen molar-refractivity contribution in [3.8, 4) is 17.3 Å². The summed E-state index contributed by atoms with van der Waals surface area (Å²) in [4.78, 5) is 12.6. The number of rotatable bonds is 7. The molecule has 1 N–H and O–H groups in total. The van der Waals surface area contributed by atoms with E-state index in [-0.39, 0.29) is 11.2 Å². The molecule has 0 saturated heterocycles. The predicted octanol–water partition coefficient (Wildman–Crippen LogP) is 3.59. The number of nitrogens with one attached hydrogen (secondary N) is 1. The number of thioether (sulfide) groups is 1. The highest BCUT2D eigenvalue weighted by Gasteiger charge is 2.21. The average molecular weight is 372 g/mol. The molecule has 0 aliphatic heterocycles. The molecule has 3 rings (SSSR count). The van der Waals surface area contributed by atoms with Crippen molar-refractivity contribution in [3.05, 3.63) is 42.7 Å². The fourth-order valence-corrected chi connectivity index (χ4v) is 3.15. The van der Waals surface area contributed by atoms with Crippen LogP contribution in [0.5, 0.6) is 5.75 Å².